The van der Waals surface area contributed by atoms with E-state index in [1.807, 2.05) is 0 Å². The van der Waals surface area contributed by atoms with Gasteiger partial charge in [-0.15, -0.1) is 11.8 Å². The lowest BCUT2D eigenvalue weighted by Gasteiger charge is -2.27. The Morgan fingerprint density at radius 2 is 1.88 bits per heavy atom. The second-order valence-corrected chi connectivity index (χ2v) is 10.7. The summed E-state index contributed by atoms with van der Waals surface area (Å²) in [5.74, 6) is -0.273. The molecule has 3 amide bonds. The van der Waals surface area contributed by atoms with Crippen LogP contribution >= 0.6 is 11.8 Å². The summed E-state index contributed by atoms with van der Waals surface area (Å²) >= 11 is 1.43. The zero-order valence-electron chi connectivity index (χ0n) is 21.0. The maximum Gasteiger partial charge on any atom is 0.243 e. The first-order valence-corrected chi connectivity index (χ1v) is 13.1. The molecule has 1 rings (SSSR count). The van der Waals surface area contributed by atoms with Gasteiger partial charge in [0.15, 0.2) is 5.78 Å². The Morgan fingerprint density at radius 3 is 2.42 bits per heavy atom. The molecule has 1 aliphatic heterocycles. The zero-order chi connectivity index (χ0) is 25.1. The van der Waals surface area contributed by atoms with E-state index in [0.29, 0.717) is 43.2 Å². The lowest BCUT2D eigenvalue weighted by molar-refractivity contribution is -0.147. The highest BCUT2D eigenvalue weighted by Gasteiger charge is 2.44. The van der Waals surface area contributed by atoms with Crippen LogP contribution in [0.3, 0.4) is 0 Å². The van der Waals surface area contributed by atoms with E-state index in [1.54, 1.807) is 27.8 Å². The van der Waals surface area contributed by atoms with Gasteiger partial charge in [0.25, 0.3) is 0 Å². The lowest BCUT2D eigenvalue weighted by atomic mass is 9.98. The van der Waals surface area contributed by atoms with E-state index in [9.17, 15) is 19.2 Å². The number of rotatable bonds is 16. The first-order chi connectivity index (χ1) is 15.5. The van der Waals surface area contributed by atoms with Crippen LogP contribution in [0.2, 0.25) is 0 Å². The van der Waals surface area contributed by atoms with Crippen molar-refractivity contribution in [3.8, 4) is 0 Å². The fraction of sp³-hybridized carbons (Fsp3) is 0.792. The van der Waals surface area contributed by atoms with Gasteiger partial charge in [-0.25, -0.2) is 0 Å². The van der Waals surface area contributed by atoms with Crippen LogP contribution in [0.15, 0.2) is 0 Å². The summed E-state index contributed by atoms with van der Waals surface area (Å²) in [6.07, 6.45) is 3.09. The number of Topliss-reactive ketones (excluding diaryl/α,β-unsaturated/α-hetero) is 1. The Labute approximate surface area is 202 Å². The van der Waals surface area contributed by atoms with Crippen molar-refractivity contribution in [2.24, 2.45) is 11.8 Å². The van der Waals surface area contributed by atoms with E-state index in [-0.39, 0.29) is 29.9 Å². The molecule has 0 spiro atoms. The predicted molar refractivity (Wildman–Crippen MR) is 134 cm³/mol. The van der Waals surface area contributed by atoms with Crippen LogP contribution in [0.1, 0.15) is 73.1 Å². The average molecular weight is 483 g/mol. The number of nitrogens with one attached hydrogen (secondary N) is 3. The van der Waals surface area contributed by atoms with Crippen molar-refractivity contribution in [3.05, 3.63) is 0 Å². The average Bonchev–Trinajstić information content (AvgIpc) is 3.01. The fourth-order valence-electron chi connectivity index (χ4n) is 3.92. The number of carbonyl (C=O) groups is 4. The van der Waals surface area contributed by atoms with Crippen molar-refractivity contribution >= 4 is 41.0 Å². The van der Waals surface area contributed by atoms with E-state index in [0.717, 1.165) is 17.7 Å². The normalized spacial score (nSPS) is 18.2. The molecule has 0 radical (unpaired) electrons. The van der Waals surface area contributed by atoms with Gasteiger partial charge in [-0.2, -0.15) is 0 Å². The summed E-state index contributed by atoms with van der Waals surface area (Å²) in [7, 11) is 1.78. The van der Waals surface area contributed by atoms with E-state index < -0.39 is 23.2 Å². The van der Waals surface area contributed by atoms with Gasteiger partial charge < -0.3 is 16.0 Å². The van der Waals surface area contributed by atoms with Crippen LogP contribution in [0, 0.1) is 17.2 Å². The predicted octanol–water partition coefficient (Wildman–Crippen LogP) is 2.79. The van der Waals surface area contributed by atoms with Gasteiger partial charge in [0.1, 0.15) is 6.04 Å². The summed E-state index contributed by atoms with van der Waals surface area (Å²) in [4.78, 5) is 52.3. The molecule has 8 nitrogen and oxygen atoms in total. The standard InChI is InChI=1S/C24H42N4O4S/c1-7-19(23(31)27-18(10-11-26-6)22(30)16(4)5)28-21(29)14-20(24(28)32)33-12-8-9-17(25)13-15(2)3/h15-16,18-20,25-26H,7-14H2,1-6H3,(H,27,31). The van der Waals surface area contributed by atoms with E-state index in [2.05, 4.69) is 24.5 Å². The maximum atomic E-state index is 13.0. The molecular weight excluding hydrogens is 440 g/mol. The number of thioether (sulfide) groups is 1. The molecule has 0 aliphatic carbocycles. The Bertz CT molecular complexity index is 711. The van der Waals surface area contributed by atoms with Crippen molar-refractivity contribution in [2.45, 2.75) is 90.5 Å². The molecule has 0 aromatic heterocycles. The molecule has 3 atom stereocenters. The van der Waals surface area contributed by atoms with Crippen molar-refractivity contribution in [3.63, 3.8) is 0 Å². The first-order valence-electron chi connectivity index (χ1n) is 12.1. The van der Waals surface area contributed by atoms with E-state index in [4.69, 9.17) is 5.41 Å². The molecule has 0 bridgehead atoms. The van der Waals surface area contributed by atoms with Crippen molar-refractivity contribution in [1.82, 2.24) is 15.5 Å². The number of likely N-dealkylation sites (tertiary alicyclic amines) is 1. The van der Waals surface area contributed by atoms with Gasteiger partial charge in [-0.1, -0.05) is 34.6 Å². The lowest BCUT2D eigenvalue weighted by Crippen LogP contribution is -2.54. The summed E-state index contributed by atoms with van der Waals surface area (Å²) in [6, 6.07) is -1.56. The van der Waals surface area contributed by atoms with Gasteiger partial charge in [0.05, 0.1) is 11.3 Å². The van der Waals surface area contributed by atoms with E-state index in [1.165, 1.54) is 11.8 Å². The van der Waals surface area contributed by atoms with Crippen LogP contribution in [0.5, 0.6) is 0 Å². The Hall–Kier alpha value is -1.74. The monoisotopic (exact) mass is 482 g/mol. The third kappa shape index (κ3) is 9.20. The minimum absolute atomic E-state index is 0.0657. The van der Waals surface area contributed by atoms with E-state index >= 15 is 0 Å². The maximum absolute atomic E-state index is 13.0. The Morgan fingerprint density at radius 1 is 1.21 bits per heavy atom. The molecule has 1 aliphatic rings. The van der Waals surface area contributed by atoms with Crippen LogP contribution in [0.4, 0.5) is 0 Å². The number of carbonyl (C=O) groups excluding carboxylic acids is 4. The topological polar surface area (TPSA) is 119 Å². The van der Waals surface area contributed by atoms with Crippen molar-refractivity contribution in [2.75, 3.05) is 19.3 Å². The Kier molecular flexibility index (Phi) is 12.9. The molecule has 1 heterocycles. The van der Waals surface area contributed by atoms with Gasteiger partial charge in [0.2, 0.25) is 17.7 Å². The minimum atomic E-state index is -0.910. The second-order valence-electron chi connectivity index (χ2n) is 9.41. The summed E-state index contributed by atoms with van der Waals surface area (Å²) in [6.45, 7) is 10.1. The molecule has 0 aromatic carbocycles. The third-order valence-electron chi connectivity index (χ3n) is 5.65. The smallest absolute Gasteiger partial charge is 0.243 e. The quantitative estimate of drug-likeness (QED) is 0.177. The largest absolute Gasteiger partial charge is 0.344 e. The highest BCUT2D eigenvalue weighted by molar-refractivity contribution is 8.00. The number of amides is 3. The third-order valence-corrected chi connectivity index (χ3v) is 6.95. The van der Waals surface area contributed by atoms with Crippen molar-refractivity contribution in [1.29, 1.82) is 5.41 Å². The highest BCUT2D eigenvalue weighted by atomic mass is 32.2. The number of hydrogen-bond acceptors (Lipinski definition) is 7. The fourth-order valence-corrected chi connectivity index (χ4v) is 5.03. The molecule has 1 saturated heterocycles. The van der Waals surface area contributed by atoms with Crippen LogP contribution in [0.25, 0.3) is 0 Å². The number of ketones is 1. The molecule has 33 heavy (non-hydrogen) atoms. The summed E-state index contributed by atoms with van der Waals surface area (Å²) in [5, 5.41) is 13.3. The van der Waals surface area contributed by atoms with Crippen LogP contribution < -0.4 is 10.6 Å². The molecule has 0 saturated carbocycles. The zero-order valence-corrected chi connectivity index (χ0v) is 21.8. The molecular formula is C24H42N4O4S. The molecule has 188 valence electrons. The minimum Gasteiger partial charge on any atom is -0.344 e. The Balaban J connectivity index is 2.73. The molecule has 0 aromatic rings. The molecule has 1 fully saturated rings. The number of hydrogen-bond donors (Lipinski definition) is 3. The molecule has 3 unspecified atom stereocenters. The van der Waals surface area contributed by atoms with Gasteiger partial charge in [-0.05, 0) is 57.4 Å². The summed E-state index contributed by atoms with van der Waals surface area (Å²) < 4.78 is 0. The second kappa shape index (κ2) is 14.5. The first kappa shape index (κ1) is 29.3. The van der Waals surface area contributed by atoms with Gasteiger partial charge in [0, 0.05) is 18.1 Å². The molecule has 3 N–H and O–H groups in total. The van der Waals surface area contributed by atoms with Gasteiger partial charge in [-0.3, -0.25) is 24.1 Å². The van der Waals surface area contributed by atoms with Gasteiger partial charge >= 0.3 is 0 Å². The van der Waals surface area contributed by atoms with Crippen LogP contribution in [-0.2, 0) is 19.2 Å². The number of imide groups is 1. The molecule has 9 heteroatoms. The SMILES string of the molecule is CCC(C(=O)NC(CCNC)C(=O)C(C)C)N1C(=O)CC(SCCCC(=N)CC(C)C)C1=O. The highest BCUT2D eigenvalue weighted by Crippen LogP contribution is 2.28. The summed E-state index contributed by atoms with van der Waals surface area (Å²) in [5.41, 5.74) is 0.715. The van der Waals surface area contributed by atoms with Crippen molar-refractivity contribution < 1.29 is 19.2 Å². The van der Waals surface area contributed by atoms with Crippen LogP contribution in [-0.4, -0.2) is 70.8 Å². The number of nitrogens with zero attached hydrogens (tertiary/aromatic N) is 1.